The molecule has 8 heteroatoms. The molecule has 1 aliphatic rings. The lowest BCUT2D eigenvalue weighted by atomic mass is 10.0. The highest BCUT2D eigenvalue weighted by Gasteiger charge is 2.18. The number of unbranched alkanes of at least 4 members (excludes halogenated alkanes) is 1. The maximum absolute atomic E-state index is 12.7. The highest BCUT2D eigenvalue weighted by Crippen LogP contribution is 2.35. The van der Waals surface area contributed by atoms with Gasteiger partial charge in [-0.15, -0.1) is 11.6 Å². The van der Waals surface area contributed by atoms with Crippen LogP contribution in [0.3, 0.4) is 0 Å². The van der Waals surface area contributed by atoms with E-state index in [0.717, 1.165) is 12.0 Å². The molecule has 2 aromatic carbocycles. The number of Topliss-reactive ketones (excluding diaryl/α,β-unsaturated/α-hetero) is 1. The molecule has 1 heterocycles. The van der Waals surface area contributed by atoms with Gasteiger partial charge >= 0.3 is 0 Å². The van der Waals surface area contributed by atoms with Crippen molar-refractivity contribution in [3.8, 4) is 17.2 Å². The summed E-state index contributed by atoms with van der Waals surface area (Å²) in [4.78, 5) is 24.1. The summed E-state index contributed by atoms with van der Waals surface area (Å²) in [6.45, 7) is 1.78. The number of alkyl halides is 1. The summed E-state index contributed by atoms with van der Waals surface area (Å²) in [7, 11) is 0. The van der Waals surface area contributed by atoms with Crippen molar-refractivity contribution in [3.05, 3.63) is 46.5 Å². The predicted molar refractivity (Wildman–Crippen MR) is 112 cm³/mol. The number of amides is 1. The van der Waals surface area contributed by atoms with E-state index in [1.54, 1.807) is 6.07 Å². The van der Waals surface area contributed by atoms with E-state index in [1.165, 1.54) is 13.0 Å². The van der Waals surface area contributed by atoms with E-state index in [0.29, 0.717) is 47.2 Å². The lowest BCUT2D eigenvalue weighted by Gasteiger charge is -2.15. The molecule has 0 saturated carbocycles. The van der Waals surface area contributed by atoms with Crippen molar-refractivity contribution in [1.29, 1.82) is 0 Å². The molecule has 0 aliphatic carbocycles. The van der Waals surface area contributed by atoms with Gasteiger partial charge in [-0.1, -0.05) is 17.7 Å². The maximum atomic E-state index is 12.7. The smallest absolute Gasteiger partial charge is 0.231 e. The summed E-state index contributed by atoms with van der Waals surface area (Å²) in [6.07, 6.45) is 1.76. The first-order valence-electron chi connectivity index (χ1n) is 9.19. The number of ketones is 1. The molecule has 0 aromatic heterocycles. The van der Waals surface area contributed by atoms with Gasteiger partial charge in [-0.25, -0.2) is 0 Å². The third kappa shape index (κ3) is 5.55. The largest absolute Gasteiger partial charge is 0.488 e. The Morgan fingerprint density at radius 1 is 1.14 bits per heavy atom. The third-order valence-electron chi connectivity index (χ3n) is 4.30. The highest BCUT2D eigenvalue weighted by molar-refractivity contribution is 6.34. The Bertz CT molecular complexity index is 916. The van der Waals surface area contributed by atoms with Crippen LogP contribution in [0.1, 0.15) is 42.1 Å². The Hall–Kier alpha value is -2.44. The Morgan fingerprint density at radius 3 is 2.69 bits per heavy atom. The van der Waals surface area contributed by atoms with E-state index >= 15 is 0 Å². The minimum Gasteiger partial charge on any atom is -0.488 e. The molecule has 0 saturated heterocycles. The van der Waals surface area contributed by atoms with E-state index in [1.807, 2.05) is 18.2 Å². The van der Waals surface area contributed by atoms with Gasteiger partial charge in [0.15, 0.2) is 17.3 Å². The summed E-state index contributed by atoms with van der Waals surface area (Å²) >= 11 is 12.0. The normalized spacial score (nSPS) is 12.0. The lowest BCUT2D eigenvalue weighted by molar-refractivity contribution is -0.114. The van der Waals surface area contributed by atoms with Gasteiger partial charge in [0, 0.05) is 25.3 Å². The maximum Gasteiger partial charge on any atom is 0.231 e. The van der Waals surface area contributed by atoms with E-state index in [-0.39, 0.29) is 30.1 Å². The second-order valence-electron chi connectivity index (χ2n) is 6.55. The van der Waals surface area contributed by atoms with Gasteiger partial charge in [-0.05, 0) is 36.6 Å². The molecule has 6 nitrogen and oxygen atoms in total. The molecule has 154 valence electrons. The van der Waals surface area contributed by atoms with Gasteiger partial charge in [0.1, 0.15) is 12.4 Å². The fourth-order valence-electron chi connectivity index (χ4n) is 2.88. The van der Waals surface area contributed by atoms with Crippen LogP contribution in [0.2, 0.25) is 5.02 Å². The quantitative estimate of drug-likeness (QED) is 0.331. The number of rotatable bonds is 9. The standard InChI is InChI=1S/C21H21Cl2NO5/c1-13(25)24-17-10-20(15(9-16(17)23)18(26)4-2-3-7-22)27-11-14-5-6-19-21(8-14)29-12-28-19/h5-6,8-10H,2-4,7,11-12H2,1H3,(H,24,25). The molecule has 0 atom stereocenters. The Labute approximate surface area is 179 Å². The minimum absolute atomic E-state index is 0.0907. The molecule has 1 amide bonds. The number of hydrogen-bond donors (Lipinski definition) is 1. The first kappa shape index (κ1) is 21.3. The summed E-state index contributed by atoms with van der Waals surface area (Å²) in [5.74, 6) is 1.83. The van der Waals surface area contributed by atoms with Crippen molar-refractivity contribution < 1.29 is 23.8 Å². The van der Waals surface area contributed by atoms with Crippen molar-refractivity contribution in [1.82, 2.24) is 0 Å². The molecule has 0 spiro atoms. The Balaban J connectivity index is 1.82. The zero-order valence-corrected chi connectivity index (χ0v) is 17.4. The van der Waals surface area contributed by atoms with Gasteiger partial charge in [-0.3, -0.25) is 9.59 Å². The predicted octanol–water partition coefficient (Wildman–Crippen LogP) is 5.20. The Kier molecular flexibility index (Phi) is 7.23. The molecule has 2 aromatic rings. The molecular weight excluding hydrogens is 417 g/mol. The average molecular weight is 438 g/mol. The number of hydrogen-bond acceptors (Lipinski definition) is 5. The van der Waals surface area contributed by atoms with Crippen molar-refractivity contribution in [2.45, 2.75) is 32.8 Å². The molecule has 0 bridgehead atoms. The van der Waals surface area contributed by atoms with E-state index in [9.17, 15) is 9.59 Å². The topological polar surface area (TPSA) is 73.9 Å². The van der Waals surface area contributed by atoms with Crippen LogP contribution in [0.5, 0.6) is 17.2 Å². The average Bonchev–Trinajstić information content (AvgIpc) is 3.15. The van der Waals surface area contributed by atoms with Crippen LogP contribution >= 0.6 is 23.2 Å². The zero-order chi connectivity index (χ0) is 20.8. The van der Waals surface area contributed by atoms with Crippen LogP contribution in [0.4, 0.5) is 5.69 Å². The second-order valence-corrected chi connectivity index (χ2v) is 7.34. The van der Waals surface area contributed by atoms with Gasteiger partial charge in [-0.2, -0.15) is 0 Å². The number of halogens is 2. The monoisotopic (exact) mass is 437 g/mol. The van der Waals surface area contributed by atoms with Gasteiger partial charge < -0.3 is 19.5 Å². The van der Waals surface area contributed by atoms with E-state index in [2.05, 4.69) is 5.32 Å². The summed E-state index contributed by atoms with van der Waals surface area (Å²) in [6, 6.07) is 8.61. The van der Waals surface area contributed by atoms with Crippen molar-refractivity contribution in [2.24, 2.45) is 0 Å². The number of fused-ring (bicyclic) bond motifs is 1. The zero-order valence-electron chi connectivity index (χ0n) is 15.9. The number of carbonyl (C=O) groups is 2. The van der Waals surface area contributed by atoms with Crippen LogP contribution in [-0.4, -0.2) is 24.4 Å². The minimum atomic E-state index is -0.269. The molecule has 0 fully saturated rings. The van der Waals surface area contributed by atoms with E-state index < -0.39 is 0 Å². The molecule has 1 N–H and O–H groups in total. The summed E-state index contributed by atoms with van der Waals surface area (Å²) in [5, 5.41) is 2.92. The number of benzene rings is 2. The molecule has 3 rings (SSSR count). The number of carbonyl (C=O) groups excluding carboxylic acids is 2. The number of ether oxygens (including phenoxy) is 3. The first-order chi connectivity index (χ1) is 14.0. The van der Waals surface area contributed by atoms with Crippen LogP contribution in [0.25, 0.3) is 0 Å². The molecule has 0 radical (unpaired) electrons. The van der Waals surface area contributed by atoms with Crippen molar-refractivity contribution >= 4 is 40.6 Å². The summed E-state index contributed by atoms with van der Waals surface area (Å²) in [5.41, 5.74) is 1.61. The fourth-order valence-corrected chi connectivity index (χ4v) is 3.28. The van der Waals surface area contributed by atoms with Gasteiger partial charge in [0.05, 0.1) is 16.3 Å². The Morgan fingerprint density at radius 2 is 1.93 bits per heavy atom. The van der Waals surface area contributed by atoms with Crippen LogP contribution in [0, 0.1) is 0 Å². The molecule has 1 aliphatic heterocycles. The number of anilines is 1. The lowest BCUT2D eigenvalue weighted by Crippen LogP contribution is -2.09. The van der Waals surface area contributed by atoms with Gasteiger partial charge in [0.25, 0.3) is 0 Å². The summed E-state index contributed by atoms with van der Waals surface area (Å²) < 4.78 is 16.6. The molecule has 0 unspecified atom stereocenters. The van der Waals surface area contributed by atoms with Crippen molar-refractivity contribution in [2.75, 3.05) is 18.0 Å². The van der Waals surface area contributed by atoms with Crippen LogP contribution in [0.15, 0.2) is 30.3 Å². The molecule has 29 heavy (non-hydrogen) atoms. The second kappa shape index (κ2) is 9.85. The third-order valence-corrected chi connectivity index (χ3v) is 4.88. The number of nitrogens with one attached hydrogen (secondary N) is 1. The molecular formula is C21H21Cl2NO5. The SMILES string of the molecule is CC(=O)Nc1cc(OCc2ccc3c(c2)OCO3)c(C(=O)CCCCCl)cc1Cl. The van der Waals surface area contributed by atoms with Gasteiger partial charge in [0.2, 0.25) is 12.7 Å². The van der Waals surface area contributed by atoms with E-state index in [4.69, 9.17) is 37.4 Å². The van der Waals surface area contributed by atoms with Crippen LogP contribution < -0.4 is 19.5 Å². The van der Waals surface area contributed by atoms with Crippen molar-refractivity contribution in [3.63, 3.8) is 0 Å². The fraction of sp³-hybridized carbons (Fsp3) is 0.333. The first-order valence-corrected chi connectivity index (χ1v) is 10.1. The highest BCUT2D eigenvalue weighted by atomic mass is 35.5. The van der Waals surface area contributed by atoms with Crippen LogP contribution in [-0.2, 0) is 11.4 Å².